The molecule has 0 radical (unpaired) electrons. The second-order valence-electron chi connectivity index (χ2n) is 8.31. The quantitative estimate of drug-likeness (QED) is 0.717. The Bertz CT molecular complexity index is 871. The molecule has 2 aromatic rings. The normalized spacial score (nSPS) is 17.5. The molecule has 2 aromatic carbocycles. The summed E-state index contributed by atoms with van der Waals surface area (Å²) in [6, 6.07) is 17.1. The van der Waals surface area contributed by atoms with Crippen LogP contribution < -0.4 is 9.64 Å². The van der Waals surface area contributed by atoms with E-state index in [1.54, 1.807) is 36.3 Å². The second kappa shape index (κ2) is 9.96. The summed E-state index contributed by atoms with van der Waals surface area (Å²) in [6.45, 7) is 3.35. The predicted octanol–water partition coefficient (Wildman–Crippen LogP) is 3.43. The van der Waals surface area contributed by atoms with Crippen LogP contribution in [0.1, 0.15) is 36.0 Å². The van der Waals surface area contributed by atoms with Crippen molar-refractivity contribution in [3.8, 4) is 5.75 Å². The number of rotatable bonds is 6. The Morgan fingerprint density at radius 2 is 1.58 bits per heavy atom. The molecule has 1 aliphatic heterocycles. The van der Waals surface area contributed by atoms with Gasteiger partial charge in [0.05, 0.1) is 7.11 Å². The number of carbonyl (C=O) groups excluding carboxylic acids is 2. The fourth-order valence-corrected chi connectivity index (χ4v) is 4.62. The van der Waals surface area contributed by atoms with Crippen molar-refractivity contribution in [3.05, 3.63) is 60.2 Å². The number of carbonyl (C=O) groups is 2. The number of piperazine rings is 1. The number of anilines is 1. The van der Waals surface area contributed by atoms with Gasteiger partial charge in [0, 0.05) is 43.5 Å². The standard InChI is InChI=1S/C25H31N3O3/c1-31-23-13-11-20(12-14-23)25(30)28(22-9-3-2-4-10-22)19-24(29)27-17-15-26(16-18-27)21-7-5-6-8-21/h2-4,9-14,21H,5-8,15-19H2,1H3. The van der Waals surface area contributed by atoms with Crippen molar-refractivity contribution in [3.63, 3.8) is 0 Å². The molecule has 2 fully saturated rings. The molecule has 164 valence electrons. The molecule has 0 aromatic heterocycles. The monoisotopic (exact) mass is 421 g/mol. The molecule has 4 rings (SSSR count). The highest BCUT2D eigenvalue weighted by Gasteiger charge is 2.29. The van der Waals surface area contributed by atoms with Crippen molar-refractivity contribution in [1.29, 1.82) is 0 Å². The molecule has 0 spiro atoms. The van der Waals surface area contributed by atoms with Crippen LogP contribution in [0.3, 0.4) is 0 Å². The van der Waals surface area contributed by atoms with Crippen LogP contribution in [0.15, 0.2) is 54.6 Å². The number of hydrogen-bond donors (Lipinski definition) is 0. The first-order valence-corrected chi connectivity index (χ1v) is 11.2. The number of nitrogens with zero attached hydrogens (tertiary/aromatic N) is 3. The van der Waals surface area contributed by atoms with E-state index in [2.05, 4.69) is 4.90 Å². The average Bonchev–Trinajstić information content (AvgIpc) is 3.38. The summed E-state index contributed by atoms with van der Waals surface area (Å²) in [5.74, 6) is 0.502. The topological polar surface area (TPSA) is 53.1 Å². The summed E-state index contributed by atoms with van der Waals surface area (Å²) < 4.78 is 5.19. The Kier molecular flexibility index (Phi) is 6.87. The highest BCUT2D eigenvalue weighted by Crippen LogP contribution is 2.25. The summed E-state index contributed by atoms with van der Waals surface area (Å²) in [5.41, 5.74) is 1.25. The van der Waals surface area contributed by atoms with E-state index in [1.807, 2.05) is 35.2 Å². The zero-order valence-electron chi connectivity index (χ0n) is 18.2. The van der Waals surface area contributed by atoms with Gasteiger partial charge in [-0.15, -0.1) is 0 Å². The van der Waals surface area contributed by atoms with Crippen LogP contribution in [0.4, 0.5) is 5.69 Å². The molecule has 0 N–H and O–H groups in total. The number of para-hydroxylation sites is 1. The zero-order valence-corrected chi connectivity index (χ0v) is 18.2. The highest BCUT2D eigenvalue weighted by molar-refractivity contribution is 6.08. The van der Waals surface area contributed by atoms with E-state index in [4.69, 9.17) is 4.74 Å². The third-order valence-electron chi connectivity index (χ3n) is 6.45. The van der Waals surface area contributed by atoms with Gasteiger partial charge in [-0.3, -0.25) is 19.4 Å². The van der Waals surface area contributed by atoms with E-state index in [-0.39, 0.29) is 18.4 Å². The fraction of sp³-hybridized carbons (Fsp3) is 0.440. The third-order valence-corrected chi connectivity index (χ3v) is 6.45. The maximum Gasteiger partial charge on any atom is 0.258 e. The van der Waals surface area contributed by atoms with Gasteiger partial charge in [-0.05, 0) is 49.2 Å². The molecule has 0 atom stereocenters. The van der Waals surface area contributed by atoms with Crippen molar-refractivity contribution < 1.29 is 14.3 Å². The highest BCUT2D eigenvalue weighted by atomic mass is 16.5. The first kappa shape index (κ1) is 21.4. The second-order valence-corrected chi connectivity index (χ2v) is 8.31. The van der Waals surface area contributed by atoms with Crippen molar-refractivity contribution in [2.45, 2.75) is 31.7 Å². The Labute approximate surface area is 184 Å². The predicted molar refractivity (Wildman–Crippen MR) is 122 cm³/mol. The van der Waals surface area contributed by atoms with Crippen molar-refractivity contribution >= 4 is 17.5 Å². The molecule has 31 heavy (non-hydrogen) atoms. The van der Waals surface area contributed by atoms with Gasteiger partial charge in [-0.25, -0.2) is 0 Å². The minimum atomic E-state index is -0.188. The number of ether oxygens (including phenoxy) is 1. The van der Waals surface area contributed by atoms with Crippen LogP contribution in [-0.2, 0) is 4.79 Å². The van der Waals surface area contributed by atoms with E-state index >= 15 is 0 Å². The van der Waals surface area contributed by atoms with Crippen LogP contribution >= 0.6 is 0 Å². The Morgan fingerprint density at radius 1 is 0.935 bits per heavy atom. The molecule has 6 nitrogen and oxygen atoms in total. The SMILES string of the molecule is COc1ccc(C(=O)N(CC(=O)N2CCN(C3CCCC3)CC2)c2ccccc2)cc1. The number of methoxy groups -OCH3 is 1. The Morgan fingerprint density at radius 3 is 2.19 bits per heavy atom. The van der Waals surface area contributed by atoms with Gasteiger partial charge in [-0.1, -0.05) is 31.0 Å². The Balaban J connectivity index is 1.44. The van der Waals surface area contributed by atoms with Gasteiger partial charge in [0.1, 0.15) is 12.3 Å². The van der Waals surface area contributed by atoms with Crippen molar-refractivity contribution in [1.82, 2.24) is 9.80 Å². The van der Waals surface area contributed by atoms with Gasteiger partial charge >= 0.3 is 0 Å². The van der Waals surface area contributed by atoms with Crippen LogP contribution in [0.2, 0.25) is 0 Å². The maximum atomic E-state index is 13.3. The minimum absolute atomic E-state index is 0.00298. The first-order chi connectivity index (χ1) is 15.2. The molecule has 2 aliphatic rings. The van der Waals surface area contributed by atoms with Gasteiger partial charge in [0.2, 0.25) is 5.91 Å². The summed E-state index contributed by atoms with van der Waals surface area (Å²) in [7, 11) is 1.60. The van der Waals surface area contributed by atoms with Crippen LogP contribution in [0.5, 0.6) is 5.75 Å². The smallest absolute Gasteiger partial charge is 0.258 e. The summed E-state index contributed by atoms with van der Waals surface area (Å²) in [6.07, 6.45) is 5.21. The van der Waals surface area contributed by atoms with Crippen molar-refractivity contribution in [2.75, 3.05) is 44.7 Å². The Hall–Kier alpha value is -2.86. The van der Waals surface area contributed by atoms with Gasteiger partial charge < -0.3 is 9.64 Å². The molecule has 1 aliphatic carbocycles. The first-order valence-electron chi connectivity index (χ1n) is 11.2. The zero-order chi connectivity index (χ0) is 21.6. The molecule has 0 bridgehead atoms. The number of hydrogen-bond acceptors (Lipinski definition) is 4. The van der Waals surface area contributed by atoms with Gasteiger partial charge in [0.25, 0.3) is 5.91 Å². The number of benzene rings is 2. The van der Waals surface area contributed by atoms with Crippen LogP contribution in [0.25, 0.3) is 0 Å². The fourth-order valence-electron chi connectivity index (χ4n) is 4.62. The molecular weight excluding hydrogens is 390 g/mol. The minimum Gasteiger partial charge on any atom is -0.497 e. The van der Waals surface area contributed by atoms with E-state index in [9.17, 15) is 9.59 Å². The molecule has 2 amide bonds. The molecule has 6 heteroatoms. The third kappa shape index (κ3) is 5.07. The lowest BCUT2D eigenvalue weighted by atomic mass is 10.1. The molecule has 1 saturated carbocycles. The summed E-state index contributed by atoms with van der Waals surface area (Å²) in [5, 5.41) is 0. The van der Waals surface area contributed by atoms with Crippen LogP contribution in [-0.4, -0.2) is 67.5 Å². The molecule has 1 saturated heterocycles. The van der Waals surface area contributed by atoms with E-state index in [0.717, 1.165) is 31.9 Å². The van der Waals surface area contributed by atoms with Gasteiger partial charge in [-0.2, -0.15) is 0 Å². The van der Waals surface area contributed by atoms with Crippen molar-refractivity contribution in [2.24, 2.45) is 0 Å². The molecule has 1 heterocycles. The van der Waals surface area contributed by atoms with Gasteiger partial charge in [0.15, 0.2) is 0 Å². The lowest BCUT2D eigenvalue weighted by molar-refractivity contribution is -0.131. The van der Waals surface area contributed by atoms with Crippen LogP contribution in [0, 0.1) is 0 Å². The van der Waals surface area contributed by atoms with E-state index in [1.165, 1.54) is 25.7 Å². The lowest BCUT2D eigenvalue weighted by Gasteiger charge is -2.38. The largest absolute Gasteiger partial charge is 0.497 e. The summed E-state index contributed by atoms with van der Waals surface area (Å²) >= 11 is 0. The molecule has 0 unspecified atom stereocenters. The molecular formula is C25H31N3O3. The number of amides is 2. The van der Waals surface area contributed by atoms with E-state index in [0.29, 0.717) is 17.4 Å². The lowest BCUT2D eigenvalue weighted by Crippen LogP contribution is -2.53. The maximum absolute atomic E-state index is 13.3. The van der Waals surface area contributed by atoms with E-state index < -0.39 is 0 Å². The summed E-state index contributed by atoms with van der Waals surface area (Å²) in [4.78, 5) is 32.5. The average molecular weight is 422 g/mol.